The molecule has 1 atom stereocenters. The van der Waals surface area contributed by atoms with Crippen LogP contribution < -0.4 is 5.32 Å². The molecule has 0 radical (unpaired) electrons. The highest BCUT2D eigenvalue weighted by atomic mass is 32.1. The fourth-order valence-corrected chi connectivity index (χ4v) is 4.08. The Morgan fingerprint density at radius 3 is 2.57 bits per heavy atom. The number of thiophene rings is 1. The molecule has 0 spiro atoms. The van der Waals surface area contributed by atoms with Gasteiger partial charge in [0.25, 0.3) is 5.91 Å². The molecule has 3 nitrogen and oxygen atoms in total. The van der Waals surface area contributed by atoms with Crippen molar-refractivity contribution in [3.8, 4) is 9.88 Å². The quantitative estimate of drug-likeness (QED) is 0.726. The first-order valence-corrected chi connectivity index (χ1v) is 9.13. The van der Waals surface area contributed by atoms with Crippen molar-refractivity contribution in [2.45, 2.75) is 26.8 Å². The maximum Gasteiger partial charge on any atom is 0.263 e. The van der Waals surface area contributed by atoms with Crippen molar-refractivity contribution >= 4 is 28.6 Å². The van der Waals surface area contributed by atoms with E-state index in [1.807, 2.05) is 31.4 Å². The van der Waals surface area contributed by atoms with Crippen molar-refractivity contribution in [3.63, 3.8) is 0 Å². The summed E-state index contributed by atoms with van der Waals surface area (Å²) >= 11 is 3.09. The molecular formula is C18H18N2OS2. The third kappa shape index (κ3) is 3.51. The van der Waals surface area contributed by atoms with Gasteiger partial charge < -0.3 is 5.32 Å². The minimum atomic E-state index is -0.0594. The first-order valence-electron chi connectivity index (χ1n) is 7.43. The Morgan fingerprint density at radius 2 is 1.91 bits per heavy atom. The minimum Gasteiger partial charge on any atom is -0.345 e. The lowest BCUT2D eigenvalue weighted by atomic mass is 10.1. The number of thiazole rings is 1. The number of nitrogens with one attached hydrogen (secondary N) is 1. The van der Waals surface area contributed by atoms with E-state index < -0.39 is 0 Å². The van der Waals surface area contributed by atoms with Crippen molar-refractivity contribution < 1.29 is 4.79 Å². The van der Waals surface area contributed by atoms with Crippen LogP contribution in [0.4, 0.5) is 0 Å². The van der Waals surface area contributed by atoms with Crippen LogP contribution in [0, 0.1) is 13.8 Å². The van der Waals surface area contributed by atoms with Crippen LogP contribution in [0.5, 0.6) is 0 Å². The van der Waals surface area contributed by atoms with E-state index in [1.54, 1.807) is 11.3 Å². The van der Waals surface area contributed by atoms with Crippen molar-refractivity contribution in [2.75, 3.05) is 0 Å². The molecule has 23 heavy (non-hydrogen) atoms. The Morgan fingerprint density at radius 1 is 1.17 bits per heavy atom. The molecule has 1 unspecified atom stereocenters. The standard InChI is InChI=1S/C18H18N2OS2/c1-11-6-8-14(9-7-11)12(2)19-17(21)16-13(3)20-18(23-16)15-5-4-10-22-15/h4-10,12H,1-3H3,(H,19,21). The Bertz CT molecular complexity index is 804. The first-order chi connectivity index (χ1) is 11.0. The van der Waals surface area contributed by atoms with E-state index in [1.165, 1.54) is 16.9 Å². The molecule has 0 saturated heterocycles. The third-order valence-corrected chi connectivity index (χ3v) is 5.86. The van der Waals surface area contributed by atoms with Crippen LogP contribution in [-0.2, 0) is 0 Å². The monoisotopic (exact) mass is 342 g/mol. The van der Waals surface area contributed by atoms with Crippen LogP contribution >= 0.6 is 22.7 Å². The van der Waals surface area contributed by atoms with Gasteiger partial charge in [0, 0.05) is 0 Å². The molecule has 0 aliphatic carbocycles. The molecule has 0 saturated carbocycles. The number of amides is 1. The number of nitrogens with zero attached hydrogens (tertiary/aromatic N) is 1. The predicted molar refractivity (Wildman–Crippen MR) is 97.2 cm³/mol. The summed E-state index contributed by atoms with van der Waals surface area (Å²) < 4.78 is 0. The van der Waals surface area contributed by atoms with Gasteiger partial charge >= 0.3 is 0 Å². The fourth-order valence-electron chi connectivity index (χ4n) is 2.31. The van der Waals surface area contributed by atoms with E-state index in [4.69, 9.17) is 0 Å². The van der Waals surface area contributed by atoms with Gasteiger partial charge in [0.1, 0.15) is 9.88 Å². The zero-order valence-corrected chi connectivity index (χ0v) is 14.9. The lowest BCUT2D eigenvalue weighted by molar-refractivity contribution is 0.0943. The highest BCUT2D eigenvalue weighted by Gasteiger charge is 2.18. The molecule has 1 amide bonds. The summed E-state index contributed by atoms with van der Waals surface area (Å²) in [5.74, 6) is -0.0594. The van der Waals surface area contributed by atoms with E-state index >= 15 is 0 Å². The number of rotatable bonds is 4. The van der Waals surface area contributed by atoms with Crippen LogP contribution in [0.15, 0.2) is 41.8 Å². The van der Waals surface area contributed by atoms with Gasteiger partial charge in [0.05, 0.1) is 16.6 Å². The molecule has 2 aromatic heterocycles. The Balaban J connectivity index is 1.77. The Hall–Kier alpha value is -1.98. The van der Waals surface area contributed by atoms with Crippen LogP contribution in [0.2, 0.25) is 0 Å². The highest BCUT2D eigenvalue weighted by Crippen LogP contribution is 2.31. The first kappa shape index (κ1) is 15.9. The van der Waals surface area contributed by atoms with Gasteiger partial charge in [-0.3, -0.25) is 4.79 Å². The molecule has 2 heterocycles. The average molecular weight is 342 g/mol. The number of benzene rings is 1. The van der Waals surface area contributed by atoms with Gasteiger partial charge in [0.2, 0.25) is 0 Å². The molecule has 0 aliphatic rings. The summed E-state index contributed by atoms with van der Waals surface area (Å²) in [6.07, 6.45) is 0. The number of aryl methyl sites for hydroxylation is 2. The maximum atomic E-state index is 12.6. The van der Waals surface area contributed by atoms with Crippen molar-refractivity contribution in [1.29, 1.82) is 0 Å². The van der Waals surface area contributed by atoms with Crippen LogP contribution in [0.1, 0.15) is 39.5 Å². The van der Waals surface area contributed by atoms with Crippen LogP contribution in [0.25, 0.3) is 9.88 Å². The largest absolute Gasteiger partial charge is 0.345 e. The van der Waals surface area contributed by atoms with Gasteiger partial charge in [-0.2, -0.15) is 0 Å². The number of carbonyl (C=O) groups excluding carboxylic acids is 1. The van der Waals surface area contributed by atoms with Crippen molar-refractivity contribution in [2.24, 2.45) is 0 Å². The Labute approximate surface area is 144 Å². The van der Waals surface area contributed by atoms with E-state index in [2.05, 4.69) is 41.5 Å². The summed E-state index contributed by atoms with van der Waals surface area (Å²) in [5, 5.41) is 5.99. The molecule has 1 aromatic carbocycles. The van der Waals surface area contributed by atoms with Crippen molar-refractivity contribution in [3.05, 3.63) is 63.5 Å². The van der Waals surface area contributed by atoms with E-state index in [9.17, 15) is 4.79 Å². The lowest BCUT2D eigenvalue weighted by Gasteiger charge is -2.14. The molecule has 0 fully saturated rings. The highest BCUT2D eigenvalue weighted by molar-refractivity contribution is 7.22. The van der Waals surface area contributed by atoms with Crippen molar-refractivity contribution in [1.82, 2.24) is 10.3 Å². The molecule has 3 rings (SSSR count). The third-order valence-electron chi connectivity index (χ3n) is 3.66. The molecule has 5 heteroatoms. The second-order valence-electron chi connectivity index (χ2n) is 5.52. The summed E-state index contributed by atoms with van der Waals surface area (Å²) in [7, 11) is 0. The average Bonchev–Trinajstić information content (AvgIpc) is 3.16. The number of aromatic nitrogens is 1. The van der Waals surface area contributed by atoms with Gasteiger partial charge in [-0.05, 0) is 37.8 Å². The summed E-state index contributed by atoms with van der Waals surface area (Å²) in [4.78, 5) is 18.9. The molecular weight excluding hydrogens is 324 g/mol. The molecule has 0 aliphatic heterocycles. The molecule has 1 N–H and O–H groups in total. The number of carbonyl (C=O) groups is 1. The lowest BCUT2D eigenvalue weighted by Crippen LogP contribution is -2.26. The smallest absolute Gasteiger partial charge is 0.263 e. The number of hydrogen-bond acceptors (Lipinski definition) is 4. The predicted octanol–water partition coefficient (Wildman–Crippen LogP) is 4.98. The fraction of sp³-hybridized carbons (Fsp3) is 0.222. The van der Waals surface area contributed by atoms with E-state index in [0.29, 0.717) is 4.88 Å². The van der Waals surface area contributed by atoms with Gasteiger partial charge in [-0.25, -0.2) is 4.98 Å². The molecule has 0 bridgehead atoms. The summed E-state index contributed by atoms with van der Waals surface area (Å²) in [6.45, 7) is 5.94. The second-order valence-corrected chi connectivity index (χ2v) is 7.46. The zero-order chi connectivity index (χ0) is 16.4. The minimum absolute atomic E-state index is 0.0326. The SMILES string of the molecule is Cc1ccc(C(C)NC(=O)c2sc(-c3cccs3)nc2C)cc1. The Kier molecular flexibility index (Phi) is 4.59. The zero-order valence-electron chi connectivity index (χ0n) is 13.3. The summed E-state index contributed by atoms with van der Waals surface area (Å²) in [6, 6.07) is 12.2. The van der Waals surface area contributed by atoms with Gasteiger partial charge in [-0.15, -0.1) is 22.7 Å². The summed E-state index contributed by atoms with van der Waals surface area (Å²) in [5.41, 5.74) is 3.10. The molecule has 118 valence electrons. The van der Waals surface area contributed by atoms with E-state index in [-0.39, 0.29) is 11.9 Å². The normalized spacial score (nSPS) is 12.1. The van der Waals surface area contributed by atoms with Gasteiger partial charge in [0.15, 0.2) is 0 Å². The topological polar surface area (TPSA) is 42.0 Å². The van der Waals surface area contributed by atoms with E-state index in [0.717, 1.165) is 21.1 Å². The van der Waals surface area contributed by atoms with Gasteiger partial charge in [-0.1, -0.05) is 35.9 Å². The van der Waals surface area contributed by atoms with Crippen LogP contribution in [-0.4, -0.2) is 10.9 Å². The molecule has 3 aromatic rings. The van der Waals surface area contributed by atoms with Crippen LogP contribution in [0.3, 0.4) is 0 Å². The number of hydrogen-bond donors (Lipinski definition) is 1. The maximum absolute atomic E-state index is 12.6. The second kappa shape index (κ2) is 6.64.